The van der Waals surface area contributed by atoms with Crippen LogP contribution in [0.25, 0.3) is 5.57 Å². The number of benzene rings is 2. The van der Waals surface area contributed by atoms with E-state index >= 15 is 0 Å². The molecule has 2 aromatic carbocycles. The van der Waals surface area contributed by atoms with Gasteiger partial charge < -0.3 is 4.90 Å². The highest BCUT2D eigenvalue weighted by atomic mass is 16.1. The first-order valence-corrected chi connectivity index (χ1v) is 12.0. The van der Waals surface area contributed by atoms with E-state index in [1.165, 1.54) is 11.1 Å². The van der Waals surface area contributed by atoms with Crippen LogP contribution in [-0.4, -0.2) is 35.5 Å². The highest BCUT2D eigenvalue weighted by Crippen LogP contribution is 2.29. The zero-order valence-corrected chi connectivity index (χ0v) is 20.3. The van der Waals surface area contributed by atoms with Gasteiger partial charge in [-0.2, -0.15) is 0 Å². The molecule has 3 heteroatoms. The highest BCUT2D eigenvalue weighted by molar-refractivity contribution is 6.11. The quantitative estimate of drug-likeness (QED) is 0.262. The van der Waals surface area contributed by atoms with Crippen molar-refractivity contribution in [2.24, 2.45) is 4.99 Å². The number of ketones is 1. The molecular weight excluding hydrogens is 404 g/mol. The number of nitrogens with zero attached hydrogens (tertiary/aromatic N) is 2. The summed E-state index contributed by atoms with van der Waals surface area (Å²) in [5.41, 5.74) is 7.16. The van der Waals surface area contributed by atoms with Gasteiger partial charge in [0.25, 0.3) is 0 Å². The summed E-state index contributed by atoms with van der Waals surface area (Å²) >= 11 is 0. The second-order valence-corrected chi connectivity index (χ2v) is 8.67. The van der Waals surface area contributed by atoms with Crippen LogP contribution in [0.1, 0.15) is 66.6 Å². The van der Waals surface area contributed by atoms with Crippen LogP contribution in [0.5, 0.6) is 0 Å². The lowest BCUT2D eigenvalue weighted by atomic mass is 9.95. The predicted octanol–water partition coefficient (Wildman–Crippen LogP) is 7.03. The Morgan fingerprint density at radius 1 is 1.09 bits per heavy atom. The highest BCUT2D eigenvalue weighted by Gasteiger charge is 2.21. The Bertz CT molecular complexity index is 1060. The molecule has 1 heterocycles. The molecule has 3 rings (SSSR count). The molecule has 1 atom stereocenters. The molecule has 1 unspecified atom stereocenters. The van der Waals surface area contributed by atoms with E-state index in [2.05, 4.69) is 74.2 Å². The topological polar surface area (TPSA) is 32.7 Å². The van der Waals surface area contributed by atoms with Gasteiger partial charge in [-0.1, -0.05) is 81.6 Å². The van der Waals surface area contributed by atoms with Crippen molar-refractivity contribution in [1.29, 1.82) is 0 Å². The van der Waals surface area contributed by atoms with Crippen LogP contribution >= 0.6 is 0 Å². The number of rotatable bonds is 12. The van der Waals surface area contributed by atoms with Crippen molar-refractivity contribution in [1.82, 2.24) is 4.90 Å². The Kier molecular flexibility index (Phi) is 8.59. The summed E-state index contributed by atoms with van der Waals surface area (Å²) in [4.78, 5) is 19.6. The van der Waals surface area contributed by atoms with Crippen molar-refractivity contribution >= 4 is 17.1 Å². The van der Waals surface area contributed by atoms with E-state index < -0.39 is 0 Å². The minimum Gasteiger partial charge on any atom is -0.369 e. The van der Waals surface area contributed by atoms with E-state index in [0.717, 1.165) is 60.5 Å². The second kappa shape index (κ2) is 11.6. The van der Waals surface area contributed by atoms with E-state index in [1.807, 2.05) is 30.3 Å². The minimum atomic E-state index is 0.199. The Morgan fingerprint density at radius 2 is 1.85 bits per heavy atom. The number of carbonyl (C=O) groups is 1. The monoisotopic (exact) mass is 440 g/mol. The zero-order valence-electron chi connectivity index (χ0n) is 20.3. The van der Waals surface area contributed by atoms with Gasteiger partial charge in [0.1, 0.15) is 0 Å². The number of Topliss-reactive ketones (excluding diaryl/α,β-unsaturated/α-hetero) is 1. The summed E-state index contributed by atoms with van der Waals surface area (Å²) in [5, 5.41) is 0. The van der Waals surface area contributed by atoms with E-state index in [1.54, 1.807) is 0 Å². The summed E-state index contributed by atoms with van der Waals surface area (Å²) in [6.07, 6.45) is 7.48. The first-order chi connectivity index (χ1) is 16.0. The molecule has 0 saturated carbocycles. The van der Waals surface area contributed by atoms with Crippen molar-refractivity contribution < 1.29 is 4.79 Å². The third-order valence-electron chi connectivity index (χ3n) is 6.37. The largest absolute Gasteiger partial charge is 0.369 e. The summed E-state index contributed by atoms with van der Waals surface area (Å²) in [6, 6.07) is 16.3. The molecule has 0 bridgehead atoms. The molecule has 33 heavy (non-hydrogen) atoms. The lowest BCUT2D eigenvalue weighted by Gasteiger charge is -2.35. The van der Waals surface area contributed by atoms with Crippen LogP contribution < -0.4 is 0 Å². The van der Waals surface area contributed by atoms with Crippen LogP contribution in [0.3, 0.4) is 0 Å². The Labute approximate surface area is 199 Å². The molecule has 1 aliphatic rings. The third kappa shape index (κ3) is 5.98. The van der Waals surface area contributed by atoms with Gasteiger partial charge in [-0.25, -0.2) is 0 Å². The van der Waals surface area contributed by atoms with Gasteiger partial charge in [0.15, 0.2) is 5.78 Å². The smallest absolute Gasteiger partial charge is 0.162 e. The second-order valence-electron chi connectivity index (χ2n) is 8.67. The van der Waals surface area contributed by atoms with E-state index in [9.17, 15) is 4.79 Å². The summed E-state index contributed by atoms with van der Waals surface area (Å²) < 4.78 is 0. The van der Waals surface area contributed by atoms with Crippen LogP contribution in [0, 0.1) is 6.92 Å². The fraction of sp³-hybridized carbons (Fsp3) is 0.333. The molecule has 0 N–H and O–H groups in total. The summed E-state index contributed by atoms with van der Waals surface area (Å²) in [6.45, 7) is 17.0. The number of hydrogen-bond donors (Lipinski definition) is 0. The molecule has 0 aromatic heterocycles. The maximum Gasteiger partial charge on any atom is 0.162 e. The van der Waals surface area contributed by atoms with Gasteiger partial charge in [-0.15, -0.1) is 0 Å². The SMILES string of the molecule is C=C(C(=C)N(CCC)C(CC)CCC(=O)c1ccccc1)c1ccc(C2=NCC=C2)c(C)c1. The molecule has 0 saturated heterocycles. The molecule has 2 aromatic rings. The third-order valence-corrected chi connectivity index (χ3v) is 6.37. The van der Waals surface area contributed by atoms with Crippen LogP contribution in [0.15, 0.2) is 84.5 Å². The minimum absolute atomic E-state index is 0.199. The maximum absolute atomic E-state index is 12.7. The number of aliphatic imine (C=N–C) groups is 1. The van der Waals surface area contributed by atoms with Gasteiger partial charge in [-0.3, -0.25) is 9.79 Å². The number of allylic oxidation sites excluding steroid dienone is 2. The maximum atomic E-state index is 12.7. The lowest BCUT2D eigenvalue weighted by molar-refractivity contribution is 0.0966. The van der Waals surface area contributed by atoms with Crippen molar-refractivity contribution in [3.8, 4) is 0 Å². The Balaban J connectivity index is 1.73. The molecule has 172 valence electrons. The first kappa shape index (κ1) is 24.4. The average molecular weight is 441 g/mol. The Morgan fingerprint density at radius 3 is 2.45 bits per heavy atom. The standard InChI is InChI=1S/C30H36N2O/c1-6-20-32(27(7-2)16-18-30(33)25-12-9-8-10-13-25)24(5)23(4)26-15-17-28(22(3)21-26)29-14-11-19-31-29/h8-15,17,21,27H,4-7,16,18-20H2,1-3H3. The summed E-state index contributed by atoms with van der Waals surface area (Å²) in [5.74, 6) is 0.199. The summed E-state index contributed by atoms with van der Waals surface area (Å²) in [7, 11) is 0. The Hall–Kier alpha value is -3.20. The zero-order chi connectivity index (χ0) is 23.8. The molecule has 0 aliphatic carbocycles. The fourth-order valence-electron chi connectivity index (χ4n) is 4.45. The fourth-order valence-corrected chi connectivity index (χ4v) is 4.45. The van der Waals surface area contributed by atoms with Crippen molar-refractivity contribution in [3.63, 3.8) is 0 Å². The lowest BCUT2D eigenvalue weighted by Crippen LogP contribution is -2.35. The molecule has 0 amide bonds. The van der Waals surface area contributed by atoms with Gasteiger partial charge in [-0.05, 0) is 49.0 Å². The molecule has 0 fully saturated rings. The van der Waals surface area contributed by atoms with Crippen molar-refractivity contribution in [2.75, 3.05) is 13.1 Å². The first-order valence-electron chi connectivity index (χ1n) is 12.0. The molecular formula is C30H36N2O. The van der Waals surface area contributed by atoms with Crippen LogP contribution in [0.2, 0.25) is 0 Å². The average Bonchev–Trinajstić information content (AvgIpc) is 3.37. The van der Waals surface area contributed by atoms with Crippen molar-refractivity contribution in [2.45, 2.75) is 52.5 Å². The van der Waals surface area contributed by atoms with E-state index in [4.69, 9.17) is 0 Å². The van der Waals surface area contributed by atoms with Crippen LogP contribution in [0.4, 0.5) is 0 Å². The number of carbonyl (C=O) groups excluding carboxylic acids is 1. The normalized spacial score (nSPS) is 13.5. The van der Waals surface area contributed by atoms with E-state index in [0.29, 0.717) is 6.42 Å². The van der Waals surface area contributed by atoms with E-state index in [-0.39, 0.29) is 11.8 Å². The van der Waals surface area contributed by atoms with Gasteiger partial charge >= 0.3 is 0 Å². The molecule has 0 radical (unpaired) electrons. The van der Waals surface area contributed by atoms with Crippen molar-refractivity contribution in [3.05, 3.63) is 102 Å². The van der Waals surface area contributed by atoms with Gasteiger partial charge in [0, 0.05) is 35.8 Å². The van der Waals surface area contributed by atoms with Gasteiger partial charge in [0.05, 0.1) is 12.3 Å². The molecule has 3 nitrogen and oxygen atoms in total. The number of aryl methyl sites for hydroxylation is 1. The molecule has 1 aliphatic heterocycles. The molecule has 0 spiro atoms. The van der Waals surface area contributed by atoms with Gasteiger partial charge in [0.2, 0.25) is 0 Å². The van der Waals surface area contributed by atoms with Crippen LogP contribution in [-0.2, 0) is 0 Å². The predicted molar refractivity (Wildman–Crippen MR) is 141 cm³/mol. The number of hydrogen-bond acceptors (Lipinski definition) is 3.